The molecule has 3 aromatic rings. The first-order valence-electron chi connectivity index (χ1n) is 12.7. The molecule has 194 valence electrons. The van der Waals surface area contributed by atoms with Gasteiger partial charge in [0.2, 0.25) is 11.9 Å². The summed E-state index contributed by atoms with van der Waals surface area (Å²) in [6, 6.07) is 2.19. The van der Waals surface area contributed by atoms with Crippen molar-refractivity contribution in [3.63, 3.8) is 0 Å². The number of hydrogen-bond donors (Lipinski definition) is 3. The highest BCUT2D eigenvalue weighted by molar-refractivity contribution is 7.21. The van der Waals surface area contributed by atoms with E-state index in [9.17, 15) is 13.9 Å². The number of rotatable bonds is 8. The van der Waals surface area contributed by atoms with E-state index in [0.717, 1.165) is 57.9 Å². The van der Waals surface area contributed by atoms with Crippen molar-refractivity contribution >= 4 is 33.3 Å². The standard InChI is InChI=1S/C26H34F2N6OS/c1-14-20(23-33-21-15(2)29-8-7-19(21)36-23)22(32-18-6-5-16(9-18)10-25(3,4)35)34-24(31-14)30-13-17-11-26(27,28)12-17/h7-8,16-18,35H,5-6,9-13H2,1-4H3,(H2,30,31,32,34). The quantitative estimate of drug-likeness (QED) is 0.340. The van der Waals surface area contributed by atoms with Crippen molar-refractivity contribution in [1.82, 2.24) is 19.9 Å². The molecule has 2 fully saturated rings. The monoisotopic (exact) mass is 516 g/mol. The number of halogens is 2. The average molecular weight is 517 g/mol. The van der Waals surface area contributed by atoms with Gasteiger partial charge in [-0.25, -0.2) is 18.7 Å². The van der Waals surface area contributed by atoms with Gasteiger partial charge in [0.25, 0.3) is 0 Å². The van der Waals surface area contributed by atoms with Crippen LogP contribution in [0.4, 0.5) is 20.5 Å². The number of alkyl halides is 2. The molecule has 0 radical (unpaired) electrons. The maximum Gasteiger partial charge on any atom is 0.248 e. The number of nitrogens with zero attached hydrogens (tertiary/aromatic N) is 4. The molecule has 2 aliphatic rings. The lowest BCUT2D eigenvalue weighted by atomic mass is 9.81. The molecule has 2 atom stereocenters. The molecule has 3 aromatic heterocycles. The molecule has 5 rings (SSSR count). The zero-order valence-electron chi connectivity index (χ0n) is 21.2. The number of pyridine rings is 1. The molecule has 0 amide bonds. The van der Waals surface area contributed by atoms with Crippen molar-refractivity contribution in [2.75, 3.05) is 17.2 Å². The molecule has 3 heterocycles. The second-order valence-corrected chi connectivity index (χ2v) is 12.2. The smallest absolute Gasteiger partial charge is 0.248 e. The lowest BCUT2D eigenvalue weighted by molar-refractivity contribution is -0.106. The largest absolute Gasteiger partial charge is 0.390 e. The van der Waals surface area contributed by atoms with E-state index < -0.39 is 11.5 Å². The minimum absolute atomic E-state index is 0.0721. The number of fused-ring (bicyclic) bond motifs is 1. The second kappa shape index (κ2) is 9.45. The van der Waals surface area contributed by atoms with E-state index in [1.165, 1.54) is 0 Å². The van der Waals surface area contributed by atoms with Gasteiger partial charge in [0.05, 0.1) is 27.3 Å². The van der Waals surface area contributed by atoms with E-state index >= 15 is 0 Å². The van der Waals surface area contributed by atoms with Crippen LogP contribution in [0.15, 0.2) is 12.3 Å². The summed E-state index contributed by atoms with van der Waals surface area (Å²) in [4.78, 5) is 18.7. The molecule has 0 bridgehead atoms. The molecule has 0 aliphatic heterocycles. The molecule has 7 nitrogen and oxygen atoms in total. The van der Waals surface area contributed by atoms with Gasteiger partial charge in [0.15, 0.2) is 0 Å². The summed E-state index contributed by atoms with van der Waals surface area (Å²) >= 11 is 1.59. The lowest BCUT2D eigenvalue weighted by Gasteiger charge is -2.34. The predicted octanol–water partition coefficient (Wildman–Crippen LogP) is 5.96. The topological polar surface area (TPSA) is 95.9 Å². The van der Waals surface area contributed by atoms with Gasteiger partial charge in [-0.15, -0.1) is 11.3 Å². The van der Waals surface area contributed by atoms with Crippen LogP contribution in [0.25, 0.3) is 20.8 Å². The van der Waals surface area contributed by atoms with E-state index in [-0.39, 0.29) is 24.8 Å². The summed E-state index contributed by atoms with van der Waals surface area (Å²) < 4.78 is 27.6. The van der Waals surface area contributed by atoms with Gasteiger partial charge < -0.3 is 15.7 Å². The molecular weight excluding hydrogens is 482 g/mol. The second-order valence-electron chi connectivity index (χ2n) is 11.2. The molecule has 36 heavy (non-hydrogen) atoms. The minimum Gasteiger partial charge on any atom is -0.390 e. The van der Waals surface area contributed by atoms with Crippen molar-refractivity contribution in [3.8, 4) is 10.6 Å². The number of aryl methyl sites for hydroxylation is 2. The fourth-order valence-corrected chi connectivity index (χ4v) is 6.67. The first-order chi connectivity index (χ1) is 17.0. The first kappa shape index (κ1) is 25.2. The average Bonchev–Trinajstić information content (AvgIpc) is 3.36. The Morgan fingerprint density at radius 2 is 1.89 bits per heavy atom. The van der Waals surface area contributed by atoms with E-state index in [2.05, 4.69) is 20.6 Å². The number of anilines is 2. The van der Waals surface area contributed by atoms with Crippen molar-refractivity contribution in [2.45, 2.75) is 83.8 Å². The number of thiazole rings is 1. The normalized spacial score (nSPS) is 22.1. The third-order valence-corrected chi connectivity index (χ3v) is 8.23. The summed E-state index contributed by atoms with van der Waals surface area (Å²) in [6.07, 6.45) is 5.37. The van der Waals surface area contributed by atoms with Gasteiger partial charge in [0.1, 0.15) is 16.3 Å². The zero-order chi connectivity index (χ0) is 25.7. The Labute approximate surface area is 214 Å². The van der Waals surface area contributed by atoms with E-state index in [0.29, 0.717) is 24.2 Å². The third kappa shape index (κ3) is 5.59. The van der Waals surface area contributed by atoms with Crippen molar-refractivity contribution in [3.05, 3.63) is 23.7 Å². The van der Waals surface area contributed by atoms with Crippen LogP contribution in [-0.2, 0) is 0 Å². The molecule has 2 unspecified atom stereocenters. The van der Waals surface area contributed by atoms with Crippen LogP contribution in [0.2, 0.25) is 0 Å². The Morgan fingerprint density at radius 1 is 1.11 bits per heavy atom. The predicted molar refractivity (Wildman–Crippen MR) is 140 cm³/mol. The molecule has 0 aromatic carbocycles. The van der Waals surface area contributed by atoms with Crippen molar-refractivity contribution in [2.24, 2.45) is 11.8 Å². The van der Waals surface area contributed by atoms with Gasteiger partial charge in [-0.05, 0) is 71.3 Å². The summed E-state index contributed by atoms with van der Waals surface area (Å²) in [6.45, 7) is 8.04. The first-order valence-corrected chi connectivity index (χ1v) is 13.5. The minimum atomic E-state index is -2.54. The van der Waals surface area contributed by atoms with Crippen LogP contribution < -0.4 is 10.6 Å². The maximum atomic E-state index is 13.3. The van der Waals surface area contributed by atoms with Crippen LogP contribution in [0.3, 0.4) is 0 Å². The Kier molecular flexibility index (Phi) is 6.61. The fraction of sp³-hybridized carbons (Fsp3) is 0.615. The van der Waals surface area contributed by atoms with Gasteiger partial charge in [-0.3, -0.25) is 4.98 Å². The summed E-state index contributed by atoms with van der Waals surface area (Å²) in [5, 5.41) is 17.9. The van der Waals surface area contributed by atoms with Gasteiger partial charge >= 0.3 is 0 Å². The molecule has 0 saturated heterocycles. The molecule has 2 saturated carbocycles. The van der Waals surface area contributed by atoms with Crippen LogP contribution in [-0.4, -0.2) is 49.2 Å². The Balaban J connectivity index is 1.42. The molecule has 0 spiro atoms. The third-order valence-electron chi connectivity index (χ3n) is 7.19. The number of hydrogen-bond acceptors (Lipinski definition) is 8. The van der Waals surface area contributed by atoms with Crippen molar-refractivity contribution in [1.29, 1.82) is 0 Å². The van der Waals surface area contributed by atoms with Gasteiger partial charge in [0, 0.05) is 31.6 Å². The Morgan fingerprint density at radius 3 is 2.58 bits per heavy atom. The number of aromatic nitrogens is 4. The summed E-state index contributed by atoms with van der Waals surface area (Å²) in [7, 11) is 0. The van der Waals surface area contributed by atoms with E-state index in [4.69, 9.17) is 9.97 Å². The molecule has 2 aliphatic carbocycles. The number of nitrogens with one attached hydrogen (secondary N) is 2. The lowest BCUT2D eigenvalue weighted by Crippen LogP contribution is -2.39. The highest BCUT2D eigenvalue weighted by Crippen LogP contribution is 2.43. The van der Waals surface area contributed by atoms with Crippen LogP contribution in [0.5, 0.6) is 0 Å². The van der Waals surface area contributed by atoms with Crippen molar-refractivity contribution < 1.29 is 13.9 Å². The molecular formula is C26H34F2N6OS. The van der Waals surface area contributed by atoms with E-state index in [1.807, 2.05) is 33.8 Å². The van der Waals surface area contributed by atoms with Gasteiger partial charge in [-0.2, -0.15) is 4.98 Å². The summed E-state index contributed by atoms with van der Waals surface area (Å²) in [5.41, 5.74) is 2.72. The number of aliphatic hydroxyl groups is 1. The van der Waals surface area contributed by atoms with Crippen LogP contribution >= 0.6 is 11.3 Å². The highest BCUT2D eigenvalue weighted by atomic mass is 32.1. The Hall–Kier alpha value is -2.46. The maximum absolute atomic E-state index is 13.3. The molecule has 10 heteroatoms. The van der Waals surface area contributed by atoms with Crippen LogP contribution in [0.1, 0.15) is 63.8 Å². The highest BCUT2D eigenvalue weighted by Gasteiger charge is 2.45. The van der Waals surface area contributed by atoms with Crippen LogP contribution in [0, 0.1) is 25.7 Å². The van der Waals surface area contributed by atoms with E-state index in [1.54, 1.807) is 17.5 Å². The zero-order valence-corrected chi connectivity index (χ0v) is 22.1. The Bertz CT molecular complexity index is 1250. The fourth-order valence-electron chi connectivity index (χ4n) is 5.56. The SMILES string of the molecule is Cc1nc(NCC2CC(F)(F)C2)nc(NC2CCC(CC(C)(C)O)C2)c1-c1nc2c(C)nccc2s1. The molecule has 3 N–H and O–H groups in total. The van der Waals surface area contributed by atoms with Gasteiger partial charge in [-0.1, -0.05) is 0 Å². The summed E-state index contributed by atoms with van der Waals surface area (Å²) in [5.74, 6) is -1.01.